The van der Waals surface area contributed by atoms with Crippen LogP contribution in [-0.2, 0) is 20.9 Å². The Morgan fingerprint density at radius 1 is 1.00 bits per heavy atom. The van der Waals surface area contributed by atoms with Gasteiger partial charge in [-0.3, -0.25) is 19.2 Å². The van der Waals surface area contributed by atoms with Crippen molar-refractivity contribution in [3.8, 4) is 5.75 Å². The van der Waals surface area contributed by atoms with Crippen LogP contribution in [0.25, 0.3) is 0 Å². The fourth-order valence-corrected chi connectivity index (χ4v) is 4.05. The number of rotatable bonds is 7. The minimum atomic E-state index is -0.962. The van der Waals surface area contributed by atoms with Crippen molar-refractivity contribution in [2.75, 3.05) is 17.3 Å². The zero-order chi connectivity index (χ0) is 24.9. The maximum atomic E-state index is 13.6. The summed E-state index contributed by atoms with van der Waals surface area (Å²) in [7, 11) is 1.51. The topological polar surface area (TPSA) is 96.0 Å². The second-order valence-corrected chi connectivity index (χ2v) is 8.17. The molecule has 0 spiro atoms. The van der Waals surface area contributed by atoms with E-state index in [9.17, 15) is 19.2 Å². The molecule has 0 radical (unpaired) electrons. The van der Waals surface area contributed by atoms with Crippen molar-refractivity contribution in [1.82, 2.24) is 4.90 Å². The molecule has 4 amide bonds. The van der Waals surface area contributed by atoms with Gasteiger partial charge in [0.15, 0.2) is 0 Å². The van der Waals surface area contributed by atoms with Gasteiger partial charge in [0.1, 0.15) is 11.8 Å². The van der Waals surface area contributed by atoms with Crippen LogP contribution in [0.4, 0.5) is 11.4 Å². The molecule has 0 bridgehead atoms. The van der Waals surface area contributed by atoms with Crippen LogP contribution in [0.5, 0.6) is 5.75 Å². The Morgan fingerprint density at radius 2 is 1.71 bits per heavy atom. The zero-order valence-corrected chi connectivity index (χ0v) is 19.4. The van der Waals surface area contributed by atoms with Crippen LogP contribution in [0.2, 0.25) is 0 Å². The number of carbonyl (C=O) groups is 4. The Kier molecular flexibility index (Phi) is 6.91. The summed E-state index contributed by atoms with van der Waals surface area (Å²) in [5, 5.41) is 2.65. The first-order valence-electron chi connectivity index (χ1n) is 11.1. The molecule has 1 unspecified atom stereocenters. The van der Waals surface area contributed by atoms with E-state index < -0.39 is 17.9 Å². The number of ether oxygens (including phenoxy) is 1. The van der Waals surface area contributed by atoms with Gasteiger partial charge in [-0.05, 0) is 48.0 Å². The number of hydrogen-bond donors (Lipinski definition) is 1. The number of nitrogens with one attached hydrogen (secondary N) is 1. The maximum absolute atomic E-state index is 13.6. The van der Waals surface area contributed by atoms with Gasteiger partial charge in [0.2, 0.25) is 11.8 Å². The van der Waals surface area contributed by atoms with E-state index in [1.54, 1.807) is 48.5 Å². The molecule has 3 aromatic carbocycles. The number of methoxy groups -OCH3 is 1. The Bertz CT molecular complexity index is 1260. The molecule has 0 aromatic heterocycles. The molecule has 8 heteroatoms. The van der Waals surface area contributed by atoms with E-state index in [0.717, 1.165) is 10.5 Å². The first-order chi connectivity index (χ1) is 16.9. The highest BCUT2D eigenvalue weighted by molar-refractivity contribution is 6.23. The molecule has 1 aliphatic rings. The zero-order valence-electron chi connectivity index (χ0n) is 19.4. The first kappa shape index (κ1) is 23.7. The molecule has 1 fully saturated rings. The van der Waals surface area contributed by atoms with Crippen LogP contribution in [-0.4, -0.2) is 41.7 Å². The quantitative estimate of drug-likeness (QED) is 0.531. The fourth-order valence-electron chi connectivity index (χ4n) is 4.05. The summed E-state index contributed by atoms with van der Waals surface area (Å²) in [6.45, 7) is 1.56. The second kappa shape index (κ2) is 10.2. The number of imide groups is 1. The number of carbonyl (C=O) groups excluding carboxylic acids is 4. The molecule has 8 nitrogen and oxygen atoms in total. The molecule has 1 heterocycles. The predicted molar refractivity (Wildman–Crippen MR) is 131 cm³/mol. The third-order valence-electron chi connectivity index (χ3n) is 5.72. The summed E-state index contributed by atoms with van der Waals surface area (Å²) in [6, 6.07) is 21.5. The molecule has 35 heavy (non-hydrogen) atoms. The SMILES string of the molecule is COc1cccc(C(=O)N(Cc2ccccc2)C2CC(=O)N(c3ccc(NC(C)=O)cc3)C2=O)c1. The Morgan fingerprint density at radius 3 is 2.37 bits per heavy atom. The van der Waals surface area contributed by atoms with Crippen LogP contribution in [0.15, 0.2) is 78.9 Å². The number of nitrogens with zero attached hydrogens (tertiary/aromatic N) is 2. The monoisotopic (exact) mass is 471 g/mol. The average Bonchev–Trinajstić information content (AvgIpc) is 3.16. The summed E-state index contributed by atoms with van der Waals surface area (Å²) < 4.78 is 5.25. The molecule has 0 aliphatic carbocycles. The van der Waals surface area contributed by atoms with Gasteiger partial charge in [0, 0.05) is 24.7 Å². The molecule has 1 aliphatic heterocycles. The highest BCUT2D eigenvalue weighted by atomic mass is 16.5. The highest BCUT2D eigenvalue weighted by Crippen LogP contribution is 2.29. The Labute approximate surface area is 203 Å². The van der Waals surface area contributed by atoms with E-state index >= 15 is 0 Å². The largest absolute Gasteiger partial charge is 0.497 e. The standard InChI is InChI=1S/C27H25N3O5/c1-18(31)28-21-11-13-22(14-12-21)30-25(32)16-24(27(30)34)29(17-19-7-4-3-5-8-19)26(33)20-9-6-10-23(15-20)35-2/h3-15,24H,16-17H2,1-2H3,(H,28,31). The van der Waals surface area contributed by atoms with Crippen LogP contribution in [0, 0.1) is 0 Å². The lowest BCUT2D eigenvalue weighted by Crippen LogP contribution is -2.45. The Balaban J connectivity index is 1.65. The van der Waals surface area contributed by atoms with E-state index in [0.29, 0.717) is 22.7 Å². The van der Waals surface area contributed by atoms with Gasteiger partial charge >= 0.3 is 0 Å². The summed E-state index contributed by atoms with van der Waals surface area (Å²) in [6.07, 6.45) is -0.130. The maximum Gasteiger partial charge on any atom is 0.257 e. The van der Waals surface area contributed by atoms with Gasteiger partial charge in [0.05, 0.1) is 19.2 Å². The van der Waals surface area contributed by atoms with Crippen LogP contribution >= 0.6 is 0 Å². The minimum Gasteiger partial charge on any atom is -0.497 e. The number of anilines is 2. The first-order valence-corrected chi connectivity index (χ1v) is 11.1. The van der Waals surface area contributed by atoms with E-state index in [-0.39, 0.29) is 24.8 Å². The Hall–Kier alpha value is -4.46. The van der Waals surface area contributed by atoms with E-state index in [4.69, 9.17) is 4.74 Å². The lowest BCUT2D eigenvalue weighted by molar-refractivity contribution is -0.122. The van der Waals surface area contributed by atoms with Crippen LogP contribution in [0.1, 0.15) is 29.3 Å². The number of amides is 4. The average molecular weight is 472 g/mol. The van der Waals surface area contributed by atoms with Crippen molar-refractivity contribution in [2.45, 2.75) is 25.9 Å². The van der Waals surface area contributed by atoms with Crippen molar-refractivity contribution in [2.24, 2.45) is 0 Å². The fraction of sp³-hybridized carbons (Fsp3) is 0.185. The third kappa shape index (κ3) is 5.22. The van der Waals surface area contributed by atoms with Gasteiger partial charge in [-0.25, -0.2) is 4.90 Å². The third-order valence-corrected chi connectivity index (χ3v) is 5.72. The molecular weight excluding hydrogens is 446 g/mol. The normalized spacial score (nSPS) is 15.1. The second-order valence-electron chi connectivity index (χ2n) is 8.17. The summed E-state index contributed by atoms with van der Waals surface area (Å²) in [5.41, 5.74) is 2.13. The predicted octanol–water partition coefficient (Wildman–Crippen LogP) is 3.63. The molecule has 1 N–H and O–H groups in total. The highest BCUT2D eigenvalue weighted by Gasteiger charge is 2.44. The van der Waals surface area contributed by atoms with Gasteiger partial charge in [-0.15, -0.1) is 0 Å². The van der Waals surface area contributed by atoms with Crippen LogP contribution in [0.3, 0.4) is 0 Å². The smallest absolute Gasteiger partial charge is 0.257 e. The molecule has 178 valence electrons. The number of benzene rings is 3. The minimum absolute atomic E-state index is 0.130. The molecule has 1 saturated heterocycles. The molecule has 4 rings (SSSR count). The van der Waals surface area contributed by atoms with Crippen molar-refractivity contribution in [1.29, 1.82) is 0 Å². The van der Waals surface area contributed by atoms with Gasteiger partial charge in [0.25, 0.3) is 11.8 Å². The van der Waals surface area contributed by atoms with Gasteiger partial charge in [-0.2, -0.15) is 0 Å². The van der Waals surface area contributed by atoms with E-state index in [2.05, 4.69) is 5.32 Å². The lowest BCUT2D eigenvalue weighted by atomic mass is 10.1. The van der Waals surface area contributed by atoms with Crippen molar-refractivity contribution in [3.05, 3.63) is 90.0 Å². The van der Waals surface area contributed by atoms with Crippen molar-refractivity contribution < 1.29 is 23.9 Å². The van der Waals surface area contributed by atoms with E-state index in [1.165, 1.54) is 18.9 Å². The molecule has 3 aromatic rings. The summed E-state index contributed by atoms with van der Waals surface area (Å²) in [4.78, 5) is 53.8. The van der Waals surface area contributed by atoms with Crippen molar-refractivity contribution in [3.63, 3.8) is 0 Å². The molecule has 0 saturated carbocycles. The van der Waals surface area contributed by atoms with Crippen LogP contribution < -0.4 is 15.0 Å². The summed E-state index contributed by atoms with van der Waals surface area (Å²) in [5.74, 6) is -0.955. The number of hydrogen-bond acceptors (Lipinski definition) is 5. The van der Waals surface area contributed by atoms with Crippen molar-refractivity contribution >= 4 is 35.0 Å². The molecular formula is C27H25N3O5. The van der Waals surface area contributed by atoms with E-state index in [1.807, 2.05) is 30.3 Å². The van der Waals surface area contributed by atoms with Gasteiger partial charge < -0.3 is 15.0 Å². The lowest BCUT2D eigenvalue weighted by Gasteiger charge is -2.28. The van der Waals surface area contributed by atoms with Gasteiger partial charge in [-0.1, -0.05) is 36.4 Å². The molecule has 1 atom stereocenters. The summed E-state index contributed by atoms with van der Waals surface area (Å²) >= 11 is 0.